The van der Waals surface area contributed by atoms with Gasteiger partial charge >= 0.3 is 5.97 Å². The lowest BCUT2D eigenvalue weighted by Crippen LogP contribution is -2.53. The Hall–Kier alpha value is -5.29. The third-order valence-corrected chi connectivity index (χ3v) is 10.4. The van der Waals surface area contributed by atoms with Gasteiger partial charge in [0, 0.05) is 30.4 Å². The highest BCUT2D eigenvalue weighted by Gasteiger charge is 2.31. The van der Waals surface area contributed by atoms with Crippen molar-refractivity contribution in [3.63, 3.8) is 0 Å². The first kappa shape index (κ1) is 37.0. The minimum atomic E-state index is -0.872. The van der Waals surface area contributed by atoms with Crippen LogP contribution in [0.3, 0.4) is 0 Å². The Morgan fingerprint density at radius 3 is 2.41 bits per heavy atom. The number of amides is 1. The fourth-order valence-corrected chi connectivity index (χ4v) is 6.72. The third kappa shape index (κ3) is 8.57. The molecule has 2 aliphatic rings. The standard InChI is InChI=1S/C42H39Cl2N3O7/c1-24-25(2)45-15-14-37(24)53-32-9-4-26(5-10-32)17-36(42(49)50-3)47-41(48)35-18-29-19-38-39(20-30(29)21-46-35)54-40(23-52-38)28-7-11-31(12-8-28)51-22-27-6-13-33(43)34(44)16-27/h4-16,19-20,35-36,40,46H,17-18,21-23H2,1-3H3,(H,47,48)/t35?,36?,40-/m1/s1. The van der Waals surface area contributed by atoms with Crippen LogP contribution < -0.4 is 29.6 Å². The number of benzene rings is 4. The zero-order chi connectivity index (χ0) is 37.8. The summed E-state index contributed by atoms with van der Waals surface area (Å²) in [6.45, 7) is 5.03. The van der Waals surface area contributed by atoms with E-state index in [0.29, 0.717) is 59.2 Å². The van der Waals surface area contributed by atoms with E-state index in [2.05, 4.69) is 15.6 Å². The summed E-state index contributed by atoms with van der Waals surface area (Å²) in [7, 11) is 1.31. The number of aryl methyl sites for hydroxylation is 1. The van der Waals surface area contributed by atoms with E-state index in [1.54, 1.807) is 18.3 Å². The van der Waals surface area contributed by atoms with Crippen molar-refractivity contribution in [1.82, 2.24) is 15.6 Å². The number of pyridine rings is 1. The van der Waals surface area contributed by atoms with Gasteiger partial charge in [-0.2, -0.15) is 0 Å². The Balaban J connectivity index is 0.942. The lowest BCUT2D eigenvalue weighted by Gasteiger charge is -2.31. The molecule has 1 aromatic heterocycles. The van der Waals surface area contributed by atoms with Crippen LogP contribution in [0.1, 0.15) is 45.2 Å². The highest BCUT2D eigenvalue weighted by Crippen LogP contribution is 2.40. The van der Waals surface area contributed by atoms with Crippen molar-refractivity contribution in [1.29, 1.82) is 0 Å². The summed E-state index contributed by atoms with van der Waals surface area (Å²) >= 11 is 12.1. The first-order valence-corrected chi connectivity index (χ1v) is 18.3. The number of methoxy groups -OCH3 is 1. The van der Waals surface area contributed by atoms with Crippen LogP contribution in [0.5, 0.6) is 28.7 Å². The van der Waals surface area contributed by atoms with Crippen molar-refractivity contribution in [3.05, 3.63) is 140 Å². The van der Waals surface area contributed by atoms with Gasteiger partial charge in [-0.25, -0.2) is 4.79 Å². The summed E-state index contributed by atoms with van der Waals surface area (Å²) in [5.41, 5.74) is 6.56. The average Bonchev–Trinajstić information content (AvgIpc) is 3.19. The van der Waals surface area contributed by atoms with Gasteiger partial charge in [-0.1, -0.05) is 53.5 Å². The molecule has 4 aromatic carbocycles. The Morgan fingerprint density at radius 1 is 0.907 bits per heavy atom. The number of hydrogen-bond acceptors (Lipinski definition) is 9. The summed E-state index contributed by atoms with van der Waals surface area (Å²) < 4.78 is 29.6. The lowest BCUT2D eigenvalue weighted by molar-refractivity contribution is -0.145. The van der Waals surface area contributed by atoms with Crippen LogP contribution >= 0.6 is 23.2 Å². The van der Waals surface area contributed by atoms with Crippen LogP contribution in [0.2, 0.25) is 10.0 Å². The molecular formula is C42H39Cl2N3O7. The molecule has 0 bridgehead atoms. The molecular weight excluding hydrogens is 729 g/mol. The molecule has 2 unspecified atom stereocenters. The van der Waals surface area contributed by atoms with Crippen LogP contribution in [-0.2, 0) is 40.3 Å². The fraction of sp³-hybridized carbons (Fsp3) is 0.262. The van der Waals surface area contributed by atoms with Crippen molar-refractivity contribution in [2.75, 3.05) is 13.7 Å². The van der Waals surface area contributed by atoms with Crippen LogP contribution in [-0.4, -0.2) is 42.7 Å². The van der Waals surface area contributed by atoms with E-state index < -0.39 is 18.1 Å². The number of halogens is 2. The third-order valence-electron chi connectivity index (χ3n) is 9.65. The summed E-state index contributed by atoms with van der Waals surface area (Å²) in [5.74, 6) is 2.55. The second-order valence-electron chi connectivity index (χ2n) is 13.3. The molecule has 2 aliphatic heterocycles. The van der Waals surface area contributed by atoms with Gasteiger partial charge in [-0.3, -0.25) is 9.78 Å². The predicted molar refractivity (Wildman–Crippen MR) is 205 cm³/mol. The quantitative estimate of drug-likeness (QED) is 0.130. The van der Waals surface area contributed by atoms with E-state index in [9.17, 15) is 9.59 Å². The number of carbonyl (C=O) groups excluding carboxylic acids is 2. The largest absolute Gasteiger partial charge is 0.489 e. The Kier molecular flexibility index (Phi) is 11.2. The maximum absolute atomic E-state index is 13.5. The Morgan fingerprint density at radius 2 is 1.65 bits per heavy atom. The first-order valence-electron chi connectivity index (χ1n) is 17.6. The zero-order valence-electron chi connectivity index (χ0n) is 30.0. The molecule has 12 heteroatoms. The number of hydrogen-bond donors (Lipinski definition) is 2. The minimum absolute atomic E-state index is 0.254. The summed E-state index contributed by atoms with van der Waals surface area (Å²) in [5, 5.41) is 7.22. The molecule has 3 heterocycles. The van der Waals surface area contributed by atoms with Crippen LogP contribution in [0.4, 0.5) is 0 Å². The molecule has 3 atom stereocenters. The maximum Gasteiger partial charge on any atom is 0.328 e. The first-order chi connectivity index (χ1) is 26.1. The molecule has 0 aliphatic carbocycles. The molecule has 1 amide bonds. The summed E-state index contributed by atoms with van der Waals surface area (Å²) in [6, 6.07) is 24.9. The molecule has 5 aromatic rings. The lowest BCUT2D eigenvalue weighted by atomic mass is 9.94. The Bertz CT molecular complexity index is 2160. The van der Waals surface area contributed by atoms with E-state index in [1.165, 1.54) is 7.11 Å². The van der Waals surface area contributed by atoms with Gasteiger partial charge in [0.1, 0.15) is 36.5 Å². The number of carbonyl (C=O) groups is 2. The average molecular weight is 769 g/mol. The normalized spacial score (nSPS) is 16.5. The van der Waals surface area contributed by atoms with E-state index in [4.69, 9.17) is 46.9 Å². The number of nitrogens with one attached hydrogen (secondary N) is 2. The molecule has 0 fully saturated rings. The van der Waals surface area contributed by atoms with Crippen molar-refractivity contribution in [2.45, 2.75) is 58.0 Å². The molecule has 0 saturated heterocycles. The van der Waals surface area contributed by atoms with Gasteiger partial charge in [0.05, 0.1) is 23.2 Å². The number of rotatable bonds is 11. The van der Waals surface area contributed by atoms with Gasteiger partial charge in [0.25, 0.3) is 0 Å². The zero-order valence-corrected chi connectivity index (χ0v) is 31.5. The van der Waals surface area contributed by atoms with Crippen molar-refractivity contribution in [3.8, 4) is 28.7 Å². The topological polar surface area (TPSA) is 117 Å². The second kappa shape index (κ2) is 16.4. The van der Waals surface area contributed by atoms with Gasteiger partial charge in [-0.05, 0) is 103 Å². The summed E-state index contributed by atoms with van der Waals surface area (Å²) in [6.07, 6.45) is 2.08. The molecule has 2 N–H and O–H groups in total. The molecule has 0 saturated carbocycles. The predicted octanol–water partition coefficient (Wildman–Crippen LogP) is 7.80. The van der Waals surface area contributed by atoms with Gasteiger partial charge in [0.15, 0.2) is 17.6 Å². The van der Waals surface area contributed by atoms with E-state index >= 15 is 0 Å². The van der Waals surface area contributed by atoms with Gasteiger partial charge < -0.3 is 34.3 Å². The number of ether oxygens (including phenoxy) is 5. The minimum Gasteiger partial charge on any atom is -0.489 e. The highest BCUT2D eigenvalue weighted by molar-refractivity contribution is 6.42. The van der Waals surface area contributed by atoms with E-state index in [1.807, 2.05) is 86.6 Å². The molecule has 10 nitrogen and oxygen atoms in total. The van der Waals surface area contributed by atoms with Crippen molar-refractivity contribution in [2.24, 2.45) is 0 Å². The second-order valence-corrected chi connectivity index (χ2v) is 14.1. The van der Waals surface area contributed by atoms with Gasteiger partial charge in [-0.15, -0.1) is 0 Å². The summed E-state index contributed by atoms with van der Waals surface area (Å²) in [4.78, 5) is 30.6. The monoisotopic (exact) mass is 767 g/mol. The molecule has 7 rings (SSSR count). The SMILES string of the molecule is COC(=O)C(Cc1ccc(Oc2ccnc(C)c2C)cc1)NC(=O)C1Cc2cc3c(cc2CN1)O[C@@H](c1ccc(OCc2ccc(Cl)c(Cl)c2)cc1)CO3. The highest BCUT2D eigenvalue weighted by atomic mass is 35.5. The molecule has 278 valence electrons. The maximum atomic E-state index is 13.5. The Labute approximate surface area is 323 Å². The van der Waals surface area contributed by atoms with Crippen LogP contribution in [0, 0.1) is 13.8 Å². The molecule has 0 spiro atoms. The number of nitrogens with zero attached hydrogens (tertiary/aromatic N) is 1. The van der Waals surface area contributed by atoms with Crippen LogP contribution in [0.25, 0.3) is 0 Å². The number of esters is 1. The van der Waals surface area contributed by atoms with Crippen LogP contribution in [0.15, 0.2) is 91.1 Å². The number of fused-ring (bicyclic) bond motifs is 2. The van der Waals surface area contributed by atoms with Crippen molar-refractivity contribution >= 4 is 35.1 Å². The smallest absolute Gasteiger partial charge is 0.328 e. The number of aromatic nitrogens is 1. The fourth-order valence-electron chi connectivity index (χ4n) is 6.40. The van der Waals surface area contributed by atoms with E-state index in [-0.39, 0.29) is 18.4 Å². The van der Waals surface area contributed by atoms with Crippen molar-refractivity contribution < 1.29 is 33.3 Å². The van der Waals surface area contributed by atoms with Gasteiger partial charge in [0.2, 0.25) is 5.91 Å². The molecule has 0 radical (unpaired) electrons. The molecule has 54 heavy (non-hydrogen) atoms. The van der Waals surface area contributed by atoms with E-state index in [0.717, 1.165) is 44.8 Å².